The molecule has 12 nitrogen and oxygen atoms in total. The number of aromatic nitrogens is 2. The fourth-order valence-corrected chi connectivity index (χ4v) is 8.09. The minimum absolute atomic E-state index is 0.0363. The number of thiazole rings is 2. The summed E-state index contributed by atoms with van der Waals surface area (Å²) in [5.74, 6) is -1.55. The first-order valence-electron chi connectivity index (χ1n) is 10.8. The molecule has 0 aromatic carbocycles. The van der Waals surface area contributed by atoms with Crippen molar-refractivity contribution in [2.75, 3.05) is 31.4 Å². The lowest BCUT2D eigenvalue weighted by molar-refractivity contribution is -0.150. The Balaban J connectivity index is 1.29. The van der Waals surface area contributed by atoms with Crippen LogP contribution in [0.2, 0.25) is 0 Å². The Kier molecular flexibility index (Phi) is 7.15. The average molecular weight is 580 g/mol. The highest BCUT2D eigenvalue weighted by Gasteiger charge is 2.54. The number of fused-ring (bicyclic) bond motifs is 2. The lowest BCUT2D eigenvalue weighted by Gasteiger charge is -2.49. The molecule has 37 heavy (non-hydrogen) atoms. The molecule has 1 saturated heterocycles. The van der Waals surface area contributed by atoms with Crippen LogP contribution in [0, 0.1) is 0 Å². The molecule has 2 amide bonds. The lowest BCUT2D eigenvalue weighted by atomic mass is 10.0. The number of carbonyl (C=O) groups is 3. The van der Waals surface area contributed by atoms with Crippen molar-refractivity contribution < 1.29 is 24.3 Å². The average Bonchev–Trinajstić information content (AvgIpc) is 3.48. The molecule has 4 N–H and O–H groups in total. The first kappa shape index (κ1) is 25.6. The third-order valence-electron chi connectivity index (χ3n) is 5.66. The highest BCUT2D eigenvalue weighted by molar-refractivity contribution is 8.01. The minimum Gasteiger partial charge on any atom is -0.477 e. The van der Waals surface area contributed by atoms with Gasteiger partial charge in [0.1, 0.15) is 29.9 Å². The van der Waals surface area contributed by atoms with Gasteiger partial charge in [0.05, 0.1) is 17.1 Å². The van der Waals surface area contributed by atoms with E-state index in [0.29, 0.717) is 17.1 Å². The summed E-state index contributed by atoms with van der Waals surface area (Å²) in [6.07, 6.45) is 4.02. The van der Waals surface area contributed by atoms with E-state index >= 15 is 0 Å². The number of hydrogen-bond donors (Lipinski definition) is 3. The van der Waals surface area contributed by atoms with Crippen molar-refractivity contribution in [1.29, 1.82) is 0 Å². The van der Waals surface area contributed by atoms with Crippen LogP contribution in [0.25, 0.3) is 6.08 Å². The third kappa shape index (κ3) is 4.93. The van der Waals surface area contributed by atoms with Crippen molar-refractivity contribution >= 4 is 80.9 Å². The van der Waals surface area contributed by atoms with Crippen LogP contribution in [0.5, 0.6) is 0 Å². The Morgan fingerprint density at radius 2 is 2.22 bits per heavy atom. The molecule has 2 aromatic rings. The molecule has 0 radical (unpaired) electrons. The number of rotatable bonds is 8. The summed E-state index contributed by atoms with van der Waals surface area (Å²) in [5.41, 5.74) is 7.35. The van der Waals surface area contributed by atoms with Gasteiger partial charge in [0.15, 0.2) is 15.2 Å². The van der Waals surface area contributed by atoms with Crippen LogP contribution in [-0.2, 0) is 25.8 Å². The zero-order valence-corrected chi connectivity index (χ0v) is 22.8. The SMILES string of the molecule is CO/N=C(\C(=O)NC1C(=O)N2C(C(=O)O)=C(CSc3nc4c(s3)C=CN(C)C4)CS[C@H]12)c1csc(N)n1. The van der Waals surface area contributed by atoms with Gasteiger partial charge >= 0.3 is 5.97 Å². The van der Waals surface area contributed by atoms with Gasteiger partial charge in [-0.15, -0.1) is 34.4 Å². The van der Waals surface area contributed by atoms with E-state index in [0.717, 1.165) is 32.8 Å². The molecule has 3 aliphatic rings. The molecule has 0 spiro atoms. The standard InChI is InChI=1S/C21H21N7O5S4/c1-27-4-3-12-10(5-27)24-21(37-12)36-7-9-6-34-18-14(17(30)28(18)15(9)19(31)32)25-16(29)13(26-33-2)11-8-35-20(22)23-11/h3-4,8,14,18H,5-7H2,1-2H3,(H2,22,23)(H,25,29)(H,31,32)/b26-13-/t14?,18-/m1/s1. The third-order valence-corrected chi connectivity index (χ3v) is 9.96. The van der Waals surface area contributed by atoms with Crippen molar-refractivity contribution in [1.82, 2.24) is 25.1 Å². The van der Waals surface area contributed by atoms with E-state index in [4.69, 9.17) is 10.6 Å². The number of oxime groups is 1. The predicted octanol–water partition coefficient (Wildman–Crippen LogP) is 1.48. The van der Waals surface area contributed by atoms with E-state index in [1.54, 1.807) is 16.7 Å². The van der Waals surface area contributed by atoms with Crippen LogP contribution < -0.4 is 11.1 Å². The number of anilines is 1. The summed E-state index contributed by atoms with van der Waals surface area (Å²) in [4.78, 5) is 55.9. The largest absolute Gasteiger partial charge is 0.477 e. The number of nitrogens with two attached hydrogens (primary N) is 1. The molecule has 3 aliphatic heterocycles. The number of thioether (sulfide) groups is 2. The zero-order chi connectivity index (χ0) is 26.3. The number of aliphatic carboxylic acids is 1. The minimum atomic E-state index is -1.18. The zero-order valence-electron chi connectivity index (χ0n) is 19.5. The maximum absolute atomic E-state index is 13.0. The fraction of sp³-hybridized carbons (Fsp3) is 0.333. The van der Waals surface area contributed by atoms with Crippen LogP contribution in [0.1, 0.15) is 16.3 Å². The number of nitrogen functional groups attached to an aromatic ring is 1. The summed E-state index contributed by atoms with van der Waals surface area (Å²) >= 11 is 5.56. The summed E-state index contributed by atoms with van der Waals surface area (Å²) in [6, 6.07) is -0.909. The van der Waals surface area contributed by atoms with Gasteiger partial charge in [-0.05, 0) is 11.6 Å². The van der Waals surface area contributed by atoms with Crippen LogP contribution in [0.15, 0.2) is 32.3 Å². The highest BCUT2D eigenvalue weighted by atomic mass is 32.2. The Morgan fingerprint density at radius 1 is 1.41 bits per heavy atom. The molecule has 1 unspecified atom stereocenters. The number of amides is 2. The van der Waals surface area contributed by atoms with Crippen molar-refractivity contribution in [2.45, 2.75) is 22.3 Å². The van der Waals surface area contributed by atoms with Crippen molar-refractivity contribution in [3.8, 4) is 0 Å². The van der Waals surface area contributed by atoms with E-state index in [-0.39, 0.29) is 22.2 Å². The molecule has 0 aliphatic carbocycles. The number of carbonyl (C=O) groups excluding carboxylic acids is 2. The van der Waals surface area contributed by atoms with Gasteiger partial charge in [-0.25, -0.2) is 14.8 Å². The van der Waals surface area contributed by atoms with Crippen molar-refractivity contribution in [3.05, 3.63) is 39.1 Å². The molecule has 16 heteroatoms. The van der Waals surface area contributed by atoms with Gasteiger partial charge in [-0.1, -0.05) is 16.9 Å². The Morgan fingerprint density at radius 3 is 2.92 bits per heavy atom. The quantitative estimate of drug-likeness (QED) is 0.180. The maximum atomic E-state index is 13.0. The van der Waals surface area contributed by atoms with Gasteiger partial charge < -0.3 is 25.9 Å². The molecular formula is C21H21N7O5S4. The molecule has 5 heterocycles. The van der Waals surface area contributed by atoms with E-state index in [1.807, 2.05) is 24.2 Å². The van der Waals surface area contributed by atoms with Crippen LogP contribution in [-0.4, -0.2) is 85.4 Å². The first-order chi connectivity index (χ1) is 17.8. The first-order valence-corrected chi connectivity index (χ1v) is 14.5. The van der Waals surface area contributed by atoms with Crippen molar-refractivity contribution in [3.63, 3.8) is 0 Å². The molecule has 2 aromatic heterocycles. The van der Waals surface area contributed by atoms with E-state index in [9.17, 15) is 19.5 Å². The highest BCUT2D eigenvalue weighted by Crippen LogP contribution is 2.42. The predicted molar refractivity (Wildman–Crippen MR) is 143 cm³/mol. The number of nitrogens with zero attached hydrogens (tertiary/aromatic N) is 5. The topological polar surface area (TPSA) is 163 Å². The molecule has 5 rings (SSSR count). The van der Waals surface area contributed by atoms with Crippen LogP contribution >= 0.6 is 46.2 Å². The number of carboxylic acids is 1. The number of nitrogens with one attached hydrogen (secondary N) is 1. The summed E-state index contributed by atoms with van der Waals surface area (Å²) < 4.78 is 0.849. The normalized spacial score (nSPS) is 20.9. The Bertz CT molecular complexity index is 1370. The maximum Gasteiger partial charge on any atom is 0.352 e. The number of hydrogen-bond acceptors (Lipinski definition) is 13. The fourth-order valence-electron chi connectivity index (χ4n) is 3.98. The summed E-state index contributed by atoms with van der Waals surface area (Å²) in [7, 11) is 3.26. The van der Waals surface area contributed by atoms with Gasteiger partial charge in [0, 0.05) is 30.1 Å². The number of β-lactam (4-membered cyclic amide) rings is 1. The van der Waals surface area contributed by atoms with Gasteiger partial charge in [-0.3, -0.25) is 14.5 Å². The molecule has 0 bridgehead atoms. The monoisotopic (exact) mass is 579 g/mol. The Hall–Kier alpha value is -3.08. The van der Waals surface area contributed by atoms with E-state index < -0.39 is 29.2 Å². The second-order valence-corrected chi connectivity index (χ2v) is 12.4. The van der Waals surface area contributed by atoms with E-state index in [1.165, 1.54) is 35.5 Å². The van der Waals surface area contributed by atoms with Gasteiger partial charge in [-0.2, -0.15) is 0 Å². The van der Waals surface area contributed by atoms with Crippen molar-refractivity contribution in [2.24, 2.45) is 5.16 Å². The smallest absolute Gasteiger partial charge is 0.352 e. The van der Waals surface area contributed by atoms with E-state index in [2.05, 4.69) is 20.4 Å². The molecular weight excluding hydrogens is 559 g/mol. The Labute approximate surface area is 227 Å². The molecule has 194 valence electrons. The molecule has 0 saturated carbocycles. The molecule has 2 atom stereocenters. The lowest BCUT2D eigenvalue weighted by Crippen LogP contribution is -2.71. The molecule has 1 fully saturated rings. The second-order valence-electron chi connectivity index (χ2n) is 8.12. The van der Waals surface area contributed by atoms with Gasteiger partial charge in [0.2, 0.25) is 0 Å². The van der Waals surface area contributed by atoms with Crippen LogP contribution in [0.3, 0.4) is 0 Å². The van der Waals surface area contributed by atoms with Gasteiger partial charge in [0.25, 0.3) is 11.8 Å². The number of carboxylic acid groups (broad SMARTS) is 1. The second kappa shape index (κ2) is 10.4. The summed E-state index contributed by atoms with van der Waals surface area (Å²) in [6.45, 7) is 0.728. The van der Waals surface area contributed by atoms with Crippen LogP contribution in [0.4, 0.5) is 5.13 Å². The summed E-state index contributed by atoms with van der Waals surface area (Å²) in [5, 5.41) is 17.6.